The quantitative estimate of drug-likeness (QED) is 0.0548. The average molecular weight is 581 g/mol. The van der Waals surface area contributed by atoms with Gasteiger partial charge in [0.1, 0.15) is 6.61 Å². The molecule has 42 heavy (non-hydrogen) atoms. The molecule has 0 rings (SSSR count). The maximum atomic E-state index is 12.0. The molecule has 0 bridgehead atoms. The minimum absolute atomic E-state index is 0.0848. The van der Waals surface area contributed by atoms with Crippen LogP contribution in [0.2, 0.25) is 0 Å². The second-order valence-corrected chi connectivity index (χ2v) is 12.7. The first-order chi connectivity index (χ1) is 20.3. The topological polar surface area (TPSA) is 26.3 Å². The zero-order valence-electron chi connectivity index (χ0n) is 28.6. The van der Waals surface area contributed by atoms with Crippen LogP contribution in [0.15, 0.2) is 72.4 Å². The van der Waals surface area contributed by atoms with E-state index in [1.54, 1.807) is 0 Å². The maximum Gasteiger partial charge on any atom is 0.306 e. The van der Waals surface area contributed by atoms with Crippen LogP contribution in [0, 0.1) is 17.8 Å². The van der Waals surface area contributed by atoms with E-state index in [1.807, 2.05) is 0 Å². The molecule has 0 aliphatic rings. The van der Waals surface area contributed by atoms with Crippen molar-refractivity contribution in [3.05, 3.63) is 72.4 Å². The standard InChI is InChI=1S/C40H68O2/c1-7-8-9-10-11-12-13-14-15-16-17-18-19-20-21-22-23-33-40(41)42-35-34-39(6)32-26-31-38(5)30-25-29-37(4)28-24-27-36(2)3/h8-9,11-12,14-15,17-18,20-21,34,36-38H,7,10,13,16,19,22-33,35H2,1-6H3/b9-8?,12-11?,15-14?,18-17?,21-20?,39-34+/t37-,38-/m1/s1. The number of esters is 1. The molecule has 0 aromatic rings. The molecule has 2 nitrogen and oxygen atoms in total. The van der Waals surface area contributed by atoms with E-state index in [0.29, 0.717) is 13.0 Å². The van der Waals surface area contributed by atoms with Gasteiger partial charge in [0.2, 0.25) is 0 Å². The van der Waals surface area contributed by atoms with Crippen LogP contribution in [0.4, 0.5) is 0 Å². The van der Waals surface area contributed by atoms with Crippen molar-refractivity contribution in [2.75, 3.05) is 6.61 Å². The summed E-state index contributed by atoms with van der Waals surface area (Å²) in [5.41, 5.74) is 1.34. The lowest BCUT2D eigenvalue weighted by molar-refractivity contribution is -0.142. The summed E-state index contributed by atoms with van der Waals surface area (Å²) in [5, 5.41) is 0. The number of rotatable bonds is 27. The number of allylic oxidation sites excluding steroid dienone is 11. The Morgan fingerprint density at radius 3 is 1.60 bits per heavy atom. The fourth-order valence-corrected chi connectivity index (χ4v) is 4.89. The number of carbonyl (C=O) groups excluding carboxylic acids is 1. The molecule has 2 heteroatoms. The van der Waals surface area contributed by atoms with Gasteiger partial charge >= 0.3 is 5.97 Å². The summed E-state index contributed by atoms with van der Waals surface area (Å²) < 4.78 is 5.42. The van der Waals surface area contributed by atoms with Crippen molar-refractivity contribution >= 4 is 5.97 Å². The van der Waals surface area contributed by atoms with E-state index in [1.165, 1.54) is 56.9 Å². The fraction of sp³-hybridized carbons (Fsp3) is 0.675. The highest BCUT2D eigenvalue weighted by Crippen LogP contribution is 2.22. The minimum atomic E-state index is -0.0848. The Bertz CT molecular complexity index is 792. The van der Waals surface area contributed by atoms with Gasteiger partial charge in [-0.3, -0.25) is 4.79 Å². The molecule has 0 heterocycles. The Morgan fingerprint density at radius 2 is 1.07 bits per heavy atom. The number of unbranched alkanes of at least 4 members (excludes halogenated alkanes) is 1. The molecular formula is C40H68O2. The largest absolute Gasteiger partial charge is 0.461 e. The fourth-order valence-electron chi connectivity index (χ4n) is 4.89. The normalized spacial score (nSPS) is 14.5. The minimum Gasteiger partial charge on any atom is -0.461 e. The molecule has 0 aromatic heterocycles. The zero-order chi connectivity index (χ0) is 31.1. The second kappa shape index (κ2) is 30.4. The molecule has 0 N–H and O–H groups in total. The smallest absolute Gasteiger partial charge is 0.306 e. The van der Waals surface area contributed by atoms with E-state index in [4.69, 9.17) is 4.74 Å². The third-order valence-electron chi connectivity index (χ3n) is 7.73. The monoisotopic (exact) mass is 581 g/mol. The molecule has 0 spiro atoms. The predicted octanol–water partition coefficient (Wildman–Crippen LogP) is 12.8. The van der Waals surface area contributed by atoms with Crippen LogP contribution in [0.5, 0.6) is 0 Å². The van der Waals surface area contributed by atoms with Crippen LogP contribution >= 0.6 is 0 Å². The van der Waals surface area contributed by atoms with E-state index >= 15 is 0 Å². The lowest BCUT2D eigenvalue weighted by Crippen LogP contribution is -2.04. The number of hydrogen-bond donors (Lipinski definition) is 0. The Morgan fingerprint density at radius 1 is 0.595 bits per heavy atom. The van der Waals surface area contributed by atoms with Crippen LogP contribution in [0.25, 0.3) is 0 Å². The third kappa shape index (κ3) is 30.9. The number of hydrogen-bond acceptors (Lipinski definition) is 2. The summed E-state index contributed by atoms with van der Waals surface area (Å²) in [4.78, 5) is 12.0. The van der Waals surface area contributed by atoms with Gasteiger partial charge < -0.3 is 4.74 Å². The molecule has 240 valence electrons. The Kier molecular flexibility index (Phi) is 28.9. The summed E-state index contributed by atoms with van der Waals surface area (Å²) >= 11 is 0. The average Bonchev–Trinajstić information content (AvgIpc) is 2.94. The van der Waals surface area contributed by atoms with Crippen LogP contribution < -0.4 is 0 Å². The van der Waals surface area contributed by atoms with Crippen molar-refractivity contribution in [2.45, 2.75) is 151 Å². The highest BCUT2D eigenvalue weighted by atomic mass is 16.5. The molecule has 0 fully saturated rings. The van der Waals surface area contributed by atoms with Gasteiger partial charge in [-0.25, -0.2) is 0 Å². The van der Waals surface area contributed by atoms with E-state index < -0.39 is 0 Å². The van der Waals surface area contributed by atoms with Crippen LogP contribution in [0.1, 0.15) is 151 Å². The third-order valence-corrected chi connectivity index (χ3v) is 7.73. The summed E-state index contributed by atoms with van der Waals surface area (Å²) in [6, 6.07) is 0. The summed E-state index contributed by atoms with van der Waals surface area (Å²) in [7, 11) is 0. The first kappa shape index (κ1) is 39.9. The Hall–Kier alpha value is -2.09. The Balaban J connectivity index is 3.72. The van der Waals surface area contributed by atoms with Gasteiger partial charge in [-0.2, -0.15) is 0 Å². The van der Waals surface area contributed by atoms with Crippen molar-refractivity contribution in [1.82, 2.24) is 0 Å². The summed E-state index contributed by atoms with van der Waals surface area (Å²) in [6.07, 6.45) is 43.4. The lowest BCUT2D eigenvalue weighted by Gasteiger charge is -2.15. The van der Waals surface area contributed by atoms with Gasteiger partial charge in [0.05, 0.1) is 0 Å². The maximum absolute atomic E-state index is 12.0. The molecule has 0 unspecified atom stereocenters. The second-order valence-electron chi connectivity index (χ2n) is 12.7. The zero-order valence-corrected chi connectivity index (χ0v) is 28.6. The van der Waals surface area contributed by atoms with Crippen molar-refractivity contribution in [3.8, 4) is 0 Å². The van der Waals surface area contributed by atoms with Crippen molar-refractivity contribution in [2.24, 2.45) is 17.8 Å². The van der Waals surface area contributed by atoms with Crippen molar-refractivity contribution in [1.29, 1.82) is 0 Å². The first-order valence-corrected chi connectivity index (χ1v) is 17.4. The molecule has 0 saturated heterocycles. The van der Waals surface area contributed by atoms with E-state index in [0.717, 1.165) is 69.1 Å². The van der Waals surface area contributed by atoms with Crippen LogP contribution in [0.3, 0.4) is 0 Å². The van der Waals surface area contributed by atoms with Crippen LogP contribution in [-0.2, 0) is 9.53 Å². The summed E-state index contributed by atoms with van der Waals surface area (Å²) in [5.74, 6) is 2.44. The first-order valence-electron chi connectivity index (χ1n) is 17.4. The molecule has 0 aliphatic carbocycles. The molecule has 0 aromatic carbocycles. The highest BCUT2D eigenvalue weighted by Gasteiger charge is 2.07. The molecule has 0 radical (unpaired) electrons. The van der Waals surface area contributed by atoms with E-state index in [9.17, 15) is 4.79 Å². The van der Waals surface area contributed by atoms with Gasteiger partial charge in [-0.15, -0.1) is 0 Å². The molecular weight excluding hydrogens is 512 g/mol. The van der Waals surface area contributed by atoms with Gasteiger partial charge in [0, 0.05) is 6.42 Å². The van der Waals surface area contributed by atoms with Gasteiger partial charge in [-0.1, -0.05) is 146 Å². The predicted molar refractivity (Wildman–Crippen MR) is 188 cm³/mol. The lowest BCUT2D eigenvalue weighted by atomic mass is 9.91. The molecule has 0 saturated carbocycles. The van der Waals surface area contributed by atoms with Gasteiger partial charge in [0.25, 0.3) is 0 Å². The van der Waals surface area contributed by atoms with Crippen molar-refractivity contribution in [3.63, 3.8) is 0 Å². The summed E-state index contributed by atoms with van der Waals surface area (Å²) in [6.45, 7) is 14.2. The SMILES string of the molecule is CCC=CCC=CCC=CCC=CCC=CCCCC(=O)OC/C=C(\C)CCC[C@H](C)CCC[C@H](C)CCCC(C)C. The highest BCUT2D eigenvalue weighted by molar-refractivity contribution is 5.69. The van der Waals surface area contributed by atoms with Gasteiger partial charge in [-0.05, 0) is 88.5 Å². The molecule has 2 atom stereocenters. The van der Waals surface area contributed by atoms with Crippen molar-refractivity contribution < 1.29 is 9.53 Å². The van der Waals surface area contributed by atoms with E-state index in [-0.39, 0.29) is 5.97 Å². The van der Waals surface area contributed by atoms with Gasteiger partial charge in [0.15, 0.2) is 0 Å². The van der Waals surface area contributed by atoms with Crippen LogP contribution in [-0.4, -0.2) is 12.6 Å². The molecule has 0 aliphatic heterocycles. The van der Waals surface area contributed by atoms with E-state index in [2.05, 4.69) is 108 Å². The molecule has 0 amide bonds. The number of carbonyl (C=O) groups is 1. The number of ether oxygens (including phenoxy) is 1. The Labute approximate surface area is 262 Å².